The van der Waals surface area contributed by atoms with Crippen LogP contribution < -0.4 is 0 Å². The van der Waals surface area contributed by atoms with Crippen LogP contribution in [0.4, 0.5) is 0 Å². The fourth-order valence-corrected chi connectivity index (χ4v) is 4.96. The lowest BCUT2D eigenvalue weighted by Crippen LogP contribution is -2.27. The second-order valence-electron chi connectivity index (χ2n) is 11.3. The van der Waals surface area contributed by atoms with Crippen LogP contribution in [0, 0.1) is 0 Å². The first kappa shape index (κ1) is 36.7. The van der Waals surface area contributed by atoms with E-state index in [0.29, 0.717) is 12.8 Å². The Bertz CT molecular complexity index is 543. The Morgan fingerprint density at radius 2 is 0.921 bits per heavy atom. The van der Waals surface area contributed by atoms with Gasteiger partial charge in [-0.2, -0.15) is 0 Å². The molecule has 0 aliphatic heterocycles. The zero-order valence-corrected chi connectivity index (χ0v) is 25.5. The van der Waals surface area contributed by atoms with Crippen LogP contribution in [0.15, 0.2) is 12.2 Å². The third kappa shape index (κ3) is 27.7. The van der Waals surface area contributed by atoms with Crippen molar-refractivity contribution in [2.75, 3.05) is 0 Å². The third-order valence-electron chi connectivity index (χ3n) is 7.51. The maximum absolute atomic E-state index is 12.1. The van der Waals surface area contributed by atoms with E-state index in [1.165, 1.54) is 122 Å². The quantitative estimate of drug-likeness (QED) is 0.0563. The van der Waals surface area contributed by atoms with Crippen LogP contribution >= 0.6 is 0 Å². The highest BCUT2D eigenvalue weighted by Gasteiger charge is 2.21. The van der Waals surface area contributed by atoms with Crippen LogP contribution in [0.3, 0.4) is 0 Å². The number of hydrogen-bond donors (Lipinski definition) is 1. The largest absolute Gasteiger partial charge is 0.479 e. The van der Waals surface area contributed by atoms with E-state index in [2.05, 4.69) is 26.0 Å². The summed E-state index contributed by atoms with van der Waals surface area (Å²) in [6.07, 6.45) is 35.2. The molecule has 0 aromatic heterocycles. The van der Waals surface area contributed by atoms with Gasteiger partial charge in [0.05, 0.1) is 0 Å². The lowest BCUT2D eigenvalue weighted by atomic mass is 10.0. The molecule has 4 heteroatoms. The molecule has 0 aromatic carbocycles. The number of carboxylic acid groups (broad SMARTS) is 1. The SMILES string of the molecule is CCCCCC/C=C\CCCCCCCCC(=O)OC(CCCCCCCCCCCCCCC)C(=O)O. The molecule has 0 aliphatic carbocycles. The van der Waals surface area contributed by atoms with Crippen LogP contribution in [0.1, 0.15) is 187 Å². The van der Waals surface area contributed by atoms with Gasteiger partial charge in [0.1, 0.15) is 0 Å². The third-order valence-corrected chi connectivity index (χ3v) is 7.51. The summed E-state index contributed by atoms with van der Waals surface area (Å²) in [5, 5.41) is 9.43. The number of carboxylic acids is 1. The number of aliphatic carboxylic acids is 1. The van der Waals surface area contributed by atoms with E-state index in [1.807, 2.05) is 0 Å². The molecule has 1 unspecified atom stereocenters. The smallest absolute Gasteiger partial charge is 0.345 e. The molecule has 224 valence electrons. The molecular weight excluding hydrogens is 472 g/mol. The zero-order valence-electron chi connectivity index (χ0n) is 25.5. The minimum atomic E-state index is -1.01. The molecule has 0 bridgehead atoms. The van der Waals surface area contributed by atoms with Gasteiger partial charge in [-0.25, -0.2) is 4.79 Å². The summed E-state index contributed by atoms with van der Waals surface area (Å²) in [5.74, 6) is -1.36. The highest BCUT2D eigenvalue weighted by molar-refractivity contribution is 5.77. The van der Waals surface area contributed by atoms with Crippen molar-refractivity contribution in [3.8, 4) is 0 Å². The van der Waals surface area contributed by atoms with Crippen LogP contribution in [0.5, 0.6) is 0 Å². The molecule has 0 saturated carbocycles. The van der Waals surface area contributed by atoms with Crippen molar-refractivity contribution in [1.82, 2.24) is 0 Å². The predicted octanol–water partition coefficient (Wildman–Crippen LogP) is 11.1. The first-order valence-electron chi connectivity index (χ1n) is 16.7. The van der Waals surface area contributed by atoms with Gasteiger partial charge in [0.15, 0.2) is 6.10 Å². The van der Waals surface area contributed by atoms with Crippen molar-refractivity contribution in [1.29, 1.82) is 0 Å². The van der Waals surface area contributed by atoms with Gasteiger partial charge in [0.25, 0.3) is 0 Å². The maximum atomic E-state index is 12.1. The summed E-state index contributed by atoms with van der Waals surface area (Å²) < 4.78 is 5.29. The second kappa shape index (κ2) is 30.2. The summed E-state index contributed by atoms with van der Waals surface area (Å²) in [6, 6.07) is 0. The van der Waals surface area contributed by atoms with E-state index in [0.717, 1.165) is 38.5 Å². The van der Waals surface area contributed by atoms with Gasteiger partial charge in [-0.05, 0) is 44.9 Å². The van der Waals surface area contributed by atoms with Gasteiger partial charge in [-0.1, -0.05) is 148 Å². The highest BCUT2D eigenvalue weighted by atomic mass is 16.6. The topological polar surface area (TPSA) is 63.6 Å². The van der Waals surface area contributed by atoms with Crippen LogP contribution in [0.25, 0.3) is 0 Å². The summed E-state index contributed by atoms with van der Waals surface area (Å²) in [5.41, 5.74) is 0. The fraction of sp³-hybridized carbons (Fsp3) is 0.882. The Morgan fingerprint density at radius 3 is 1.37 bits per heavy atom. The van der Waals surface area contributed by atoms with E-state index in [1.54, 1.807) is 0 Å². The van der Waals surface area contributed by atoms with Crippen molar-refractivity contribution in [2.24, 2.45) is 0 Å². The van der Waals surface area contributed by atoms with Crippen LogP contribution in [-0.4, -0.2) is 23.1 Å². The van der Waals surface area contributed by atoms with E-state index in [4.69, 9.17) is 4.74 Å². The number of ether oxygens (including phenoxy) is 1. The monoisotopic (exact) mass is 536 g/mol. The molecule has 4 nitrogen and oxygen atoms in total. The normalized spacial score (nSPS) is 12.3. The molecule has 0 amide bonds. The molecule has 0 aliphatic rings. The van der Waals surface area contributed by atoms with Gasteiger partial charge >= 0.3 is 11.9 Å². The molecule has 0 spiro atoms. The van der Waals surface area contributed by atoms with Crippen LogP contribution in [0.2, 0.25) is 0 Å². The molecule has 1 atom stereocenters. The Morgan fingerprint density at radius 1 is 0.553 bits per heavy atom. The number of unbranched alkanes of at least 4 members (excludes halogenated alkanes) is 22. The Hall–Kier alpha value is -1.32. The average Bonchev–Trinajstić information content (AvgIpc) is 2.90. The highest BCUT2D eigenvalue weighted by Crippen LogP contribution is 2.15. The molecule has 0 heterocycles. The van der Waals surface area contributed by atoms with E-state index >= 15 is 0 Å². The Labute approximate surface area is 236 Å². The molecule has 38 heavy (non-hydrogen) atoms. The number of hydrogen-bond acceptors (Lipinski definition) is 3. The second-order valence-corrected chi connectivity index (χ2v) is 11.3. The molecule has 0 aromatic rings. The van der Waals surface area contributed by atoms with Crippen molar-refractivity contribution in [2.45, 2.75) is 193 Å². The molecule has 0 fully saturated rings. The number of carbonyl (C=O) groups is 2. The van der Waals surface area contributed by atoms with Crippen LogP contribution in [-0.2, 0) is 14.3 Å². The van der Waals surface area contributed by atoms with Gasteiger partial charge in [0.2, 0.25) is 0 Å². The van der Waals surface area contributed by atoms with E-state index in [-0.39, 0.29) is 5.97 Å². The summed E-state index contributed by atoms with van der Waals surface area (Å²) in [4.78, 5) is 23.6. The molecule has 0 radical (unpaired) electrons. The number of carbonyl (C=O) groups excluding carboxylic acids is 1. The summed E-state index contributed by atoms with van der Waals surface area (Å²) in [7, 11) is 0. The average molecular weight is 537 g/mol. The summed E-state index contributed by atoms with van der Waals surface area (Å²) >= 11 is 0. The fourth-order valence-electron chi connectivity index (χ4n) is 4.96. The van der Waals surface area contributed by atoms with Gasteiger partial charge in [-0.3, -0.25) is 4.79 Å². The first-order valence-corrected chi connectivity index (χ1v) is 16.7. The van der Waals surface area contributed by atoms with Gasteiger partial charge < -0.3 is 9.84 Å². The minimum absolute atomic E-state index is 0.336. The maximum Gasteiger partial charge on any atom is 0.345 e. The molecular formula is C34H64O4. The van der Waals surface area contributed by atoms with E-state index < -0.39 is 12.1 Å². The lowest BCUT2D eigenvalue weighted by Gasteiger charge is -2.13. The first-order chi connectivity index (χ1) is 18.6. The standard InChI is InChI=1S/C34H64O4/c1-3-5-7-9-11-13-15-17-19-21-23-25-27-29-31-33(35)38-32(34(36)37)30-28-26-24-22-20-18-16-14-12-10-8-6-4-2/h13,15,32H,3-12,14,16-31H2,1-2H3,(H,36,37)/b15-13-. The van der Waals surface area contributed by atoms with E-state index in [9.17, 15) is 14.7 Å². The Balaban J connectivity index is 3.58. The zero-order chi connectivity index (χ0) is 27.9. The van der Waals surface area contributed by atoms with Gasteiger partial charge in [0, 0.05) is 6.42 Å². The molecule has 0 rings (SSSR count). The lowest BCUT2D eigenvalue weighted by molar-refractivity contribution is -0.164. The van der Waals surface area contributed by atoms with Crippen molar-refractivity contribution in [3.63, 3.8) is 0 Å². The van der Waals surface area contributed by atoms with Crippen molar-refractivity contribution in [3.05, 3.63) is 12.2 Å². The van der Waals surface area contributed by atoms with Gasteiger partial charge in [-0.15, -0.1) is 0 Å². The predicted molar refractivity (Wildman–Crippen MR) is 163 cm³/mol. The minimum Gasteiger partial charge on any atom is -0.479 e. The Kier molecular flexibility index (Phi) is 29.2. The molecule has 1 N–H and O–H groups in total. The van der Waals surface area contributed by atoms with Crippen molar-refractivity contribution >= 4 is 11.9 Å². The number of allylic oxidation sites excluding steroid dienone is 2. The molecule has 0 saturated heterocycles. The number of esters is 1. The number of rotatable bonds is 30. The van der Waals surface area contributed by atoms with Crippen molar-refractivity contribution < 1.29 is 19.4 Å². The summed E-state index contributed by atoms with van der Waals surface area (Å²) in [6.45, 7) is 4.51.